The van der Waals surface area contributed by atoms with E-state index in [-0.39, 0.29) is 21.7 Å². The molecule has 0 aliphatic heterocycles. The summed E-state index contributed by atoms with van der Waals surface area (Å²) in [5.41, 5.74) is 0. The summed E-state index contributed by atoms with van der Waals surface area (Å²) in [5.74, 6) is 0. The summed E-state index contributed by atoms with van der Waals surface area (Å²) in [4.78, 5) is 0. The Kier molecular flexibility index (Phi) is 14.6. The summed E-state index contributed by atoms with van der Waals surface area (Å²) >= 11 is 0. The summed E-state index contributed by atoms with van der Waals surface area (Å²) in [6.45, 7) is 8.16. The fourth-order valence-corrected chi connectivity index (χ4v) is 0.632. The summed E-state index contributed by atoms with van der Waals surface area (Å²) in [7, 11) is 0. The molecule has 0 N–H and O–H groups in total. The third-order valence-electron chi connectivity index (χ3n) is 1.03. The molecule has 0 amide bonds. The van der Waals surface area contributed by atoms with Crippen LogP contribution in [0, 0.1) is 6.29 Å². The monoisotopic (exact) mass is 209 g/mol. The average Bonchev–Trinajstić information content (AvgIpc) is 2.01. The Balaban J connectivity index is 0. The van der Waals surface area contributed by atoms with Crippen LogP contribution in [0.5, 0.6) is 0 Å². The van der Waals surface area contributed by atoms with Crippen molar-refractivity contribution in [3.8, 4) is 0 Å². The van der Waals surface area contributed by atoms with E-state index in [9.17, 15) is 0 Å². The van der Waals surface area contributed by atoms with Crippen LogP contribution >= 0.6 is 0 Å². The fourth-order valence-electron chi connectivity index (χ4n) is 0.632. The molecule has 0 spiro atoms. The van der Waals surface area contributed by atoms with E-state index in [0.29, 0.717) is 32.7 Å². The Labute approximate surface area is 89.6 Å². The topological polar surface area (TPSA) is 27.7 Å². The molecule has 0 saturated carbocycles. The van der Waals surface area contributed by atoms with Gasteiger partial charge in [0.2, 0.25) is 0 Å². The molecular formula is C8H17O3Ti-. The Morgan fingerprint density at radius 3 is 1.75 bits per heavy atom. The van der Waals surface area contributed by atoms with Crippen molar-refractivity contribution in [1.82, 2.24) is 0 Å². The molecule has 0 atom stereocenters. The van der Waals surface area contributed by atoms with E-state index in [2.05, 4.69) is 0 Å². The van der Waals surface area contributed by atoms with Gasteiger partial charge in [-0.3, -0.25) is 0 Å². The predicted octanol–water partition coefficient (Wildman–Crippen LogP) is 1.58. The number of rotatable bonds is 7. The first-order chi connectivity index (χ1) is 5.35. The van der Waals surface area contributed by atoms with E-state index in [1.165, 1.54) is 0 Å². The average molecular weight is 209 g/mol. The van der Waals surface area contributed by atoms with E-state index in [0.717, 1.165) is 0 Å². The maximum Gasteiger partial charge on any atom is 0.0404 e. The largest absolute Gasteiger partial charge is 0.520 e. The molecule has 0 fully saturated rings. The zero-order valence-electron chi connectivity index (χ0n) is 8.05. The van der Waals surface area contributed by atoms with Crippen molar-refractivity contribution < 1.29 is 35.9 Å². The van der Waals surface area contributed by atoms with Crippen LogP contribution in [0.4, 0.5) is 0 Å². The van der Waals surface area contributed by atoms with E-state index in [1.807, 2.05) is 20.8 Å². The molecule has 0 rings (SSSR count). The predicted molar refractivity (Wildman–Crippen MR) is 43.0 cm³/mol. The second-order valence-electron chi connectivity index (χ2n) is 1.88. The third kappa shape index (κ3) is 8.69. The summed E-state index contributed by atoms with van der Waals surface area (Å²) in [6, 6.07) is 0. The van der Waals surface area contributed by atoms with E-state index >= 15 is 0 Å². The maximum absolute atomic E-state index is 5.15. The van der Waals surface area contributed by atoms with Crippen LogP contribution in [0.3, 0.4) is 0 Å². The van der Waals surface area contributed by atoms with Crippen LogP contribution in [0.15, 0.2) is 0 Å². The normalized spacial score (nSPS) is 10.0. The van der Waals surface area contributed by atoms with Crippen LogP contribution < -0.4 is 0 Å². The Hall–Kier alpha value is 0.594. The molecule has 0 heterocycles. The molecule has 0 radical (unpaired) electrons. The smallest absolute Gasteiger partial charge is 0.0404 e. The first-order valence-electron chi connectivity index (χ1n) is 4.04. The van der Waals surface area contributed by atoms with Crippen molar-refractivity contribution in [2.75, 3.05) is 26.4 Å². The van der Waals surface area contributed by atoms with Crippen molar-refractivity contribution in [3.63, 3.8) is 0 Å². The van der Waals surface area contributed by atoms with E-state index < -0.39 is 0 Å². The molecule has 0 saturated heterocycles. The zero-order valence-corrected chi connectivity index (χ0v) is 9.61. The molecule has 4 heteroatoms. The van der Waals surface area contributed by atoms with Gasteiger partial charge in [-0.25, -0.2) is 0 Å². The minimum Gasteiger partial charge on any atom is -0.520 e. The van der Waals surface area contributed by atoms with Crippen LogP contribution in [0.1, 0.15) is 20.8 Å². The van der Waals surface area contributed by atoms with Crippen LogP contribution in [0.2, 0.25) is 0 Å². The molecule has 0 bridgehead atoms. The molecule has 0 aromatic heterocycles. The SMILES string of the molecule is CCOC[C-](OCC)OCC.[Ti]. The number of ether oxygens (including phenoxy) is 3. The molecule has 72 valence electrons. The molecule has 0 aliphatic rings. The number of hydrogen-bond acceptors (Lipinski definition) is 3. The van der Waals surface area contributed by atoms with Crippen molar-refractivity contribution in [3.05, 3.63) is 6.29 Å². The molecule has 12 heavy (non-hydrogen) atoms. The summed E-state index contributed by atoms with van der Waals surface area (Å²) < 4.78 is 15.4. The first kappa shape index (κ1) is 15.1. The summed E-state index contributed by atoms with van der Waals surface area (Å²) in [5, 5.41) is 0. The van der Waals surface area contributed by atoms with Gasteiger partial charge in [-0.1, -0.05) is 6.29 Å². The van der Waals surface area contributed by atoms with Gasteiger partial charge in [0.1, 0.15) is 0 Å². The third-order valence-corrected chi connectivity index (χ3v) is 1.03. The van der Waals surface area contributed by atoms with E-state index in [4.69, 9.17) is 14.2 Å². The second-order valence-corrected chi connectivity index (χ2v) is 1.88. The van der Waals surface area contributed by atoms with Gasteiger partial charge < -0.3 is 14.2 Å². The zero-order chi connectivity index (χ0) is 8.53. The number of hydrogen-bond donors (Lipinski definition) is 0. The van der Waals surface area contributed by atoms with Gasteiger partial charge in [-0.05, 0) is 27.4 Å². The van der Waals surface area contributed by atoms with Crippen molar-refractivity contribution in [2.45, 2.75) is 20.8 Å². The molecular weight excluding hydrogens is 192 g/mol. The minimum atomic E-state index is 0. The molecule has 3 nitrogen and oxygen atoms in total. The van der Waals surface area contributed by atoms with E-state index in [1.54, 1.807) is 0 Å². The molecule has 0 unspecified atom stereocenters. The van der Waals surface area contributed by atoms with Gasteiger partial charge in [0.25, 0.3) is 0 Å². The Morgan fingerprint density at radius 2 is 1.42 bits per heavy atom. The molecule has 0 aromatic carbocycles. The van der Waals surface area contributed by atoms with Gasteiger partial charge in [0.05, 0.1) is 0 Å². The van der Waals surface area contributed by atoms with Crippen LogP contribution in [-0.2, 0) is 35.9 Å². The minimum absolute atomic E-state index is 0. The van der Waals surface area contributed by atoms with Gasteiger partial charge in [-0.15, -0.1) is 0 Å². The van der Waals surface area contributed by atoms with Gasteiger partial charge in [0.15, 0.2) is 0 Å². The Morgan fingerprint density at radius 1 is 0.917 bits per heavy atom. The molecule has 0 aliphatic carbocycles. The van der Waals surface area contributed by atoms with Crippen LogP contribution in [0.25, 0.3) is 0 Å². The van der Waals surface area contributed by atoms with Crippen molar-refractivity contribution in [1.29, 1.82) is 0 Å². The maximum atomic E-state index is 5.15. The summed E-state index contributed by atoms with van der Waals surface area (Å²) in [6.07, 6.45) is 0.580. The van der Waals surface area contributed by atoms with Gasteiger partial charge >= 0.3 is 0 Å². The van der Waals surface area contributed by atoms with Gasteiger partial charge in [0, 0.05) is 41.5 Å². The van der Waals surface area contributed by atoms with Crippen molar-refractivity contribution in [2.24, 2.45) is 0 Å². The quantitative estimate of drug-likeness (QED) is 0.470. The van der Waals surface area contributed by atoms with Gasteiger partial charge in [-0.2, -0.15) is 0 Å². The Bertz CT molecular complexity index is 74.7. The standard InChI is InChI=1S/C8H17O3.Ti/c1-4-9-7-8(10-5-2)11-6-3;/h4-7H2,1-3H3;/q-1;. The molecule has 0 aromatic rings. The second kappa shape index (κ2) is 11.6. The fraction of sp³-hybridized carbons (Fsp3) is 0.875. The van der Waals surface area contributed by atoms with Crippen molar-refractivity contribution >= 4 is 0 Å². The van der Waals surface area contributed by atoms with Crippen LogP contribution in [-0.4, -0.2) is 26.4 Å². The first-order valence-corrected chi connectivity index (χ1v) is 4.04.